The minimum absolute atomic E-state index is 0.257. The average Bonchev–Trinajstić information content (AvgIpc) is 3.38. The number of esters is 1. The van der Waals surface area contributed by atoms with Crippen molar-refractivity contribution in [2.45, 2.75) is 31.2 Å². The number of carbonyl (C=O) groups excluding carboxylic acids is 2. The summed E-state index contributed by atoms with van der Waals surface area (Å²) >= 11 is 0. The number of benzene rings is 2. The van der Waals surface area contributed by atoms with Crippen LogP contribution in [0.25, 0.3) is 22.2 Å². The molecule has 1 N–H and O–H groups in total. The minimum atomic E-state index is -0.882. The van der Waals surface area contributed by atoms with Gasteiger partial charge in [0.25, 0.3) is 5.91 Å². The van der Waals surface area contributed by atoms with Gasteiger partial charge in [0, 0.05) is 10.9 Å². The third-order valence-corrected chi connectivity index (χ3v) is 6.28. The summed E-state index contributed by atoms with van der Waals surface area (Å²) in [5.74, 6) is 0.152. The molecule has 0 unspecified atom stereocenters. The maximum Gasteiger partial charge on any atom is 0.339 e. The highest BCUT2D eigenvalue weighted by Crippen LogP contribution is 2.41. The van der Waals surface area contributed by atoms with Crippen LogP contribution in [0.5, 0.6) is 17.2 Å². The number of hydrogen-bond acceptors (Lipinski definition) is 8. The third kappa shape index (κ3) is 4.89. The molecular weight excluding hydrogens is 462 g/mol. The number of nitrogens with one attached hydrogen (secondary N) is 1. The van der Waals surface area contributed by atoms with E-state index in [9.17, 15) is 14.9 Å². The SMILES string of the molecule is COc1cc(-c2cc(C(=O)OCC(=O)NC3(C#N)CCCC3)c3ccccc3n2)cc(OC)c1OC. The van der Waals surface area contributed by atoms with Gasteiger partial charge in [-0.15, -0.1) is 0 Å². The zero-order chi connectivity index (χ0) is 25.7. The zero-order valence-electron chi connectivity index (χ0n) is 20.4. The second-order valence-electron chi connectivity index (χ2n) is 8.51. The summed E-state index contributed by atoms with van der Waals surface area (Å²) in [4.78, 5) is 30.3. The first-order valence-electron chi connectivity index (χ1n) is 11.5. The molecule has 0 aliphatic heterocycles. The van der Waals surface area contributed by atoms with Gasteiger partial charge in [-0.25, -0.2) is 9.78 Å². The molecule has 3 aromatic rings. The molecular formula is C27H27N3O6. The van der Waals surface area contributed by atoms with Gasteiger partial charge in [-0.3, -0.25) is 4.79 Å². The van der Waals surface area contributed by atoms with Crippen LogP contribution in [0.3, 0.4) is 0 Å². The standard InChI is InChI=1S/C27H27N3O6/c1-33-22-12-17(13-23(34-2)25(22)35-3)21-14-19(18-8-4-5-9-20(18)29-21)26(32)36-15-24(31)30-27(16-28)10-6-7-11-27/h4-5,8-9,12-14H,6-7,10-11,15H2,1-3H3,(H,30,31). The highest BCUT2D eigenvalue weighted by Gasteiger charge is 2.35. The molecule has 0 radical (unpaired) electrons. The van der Waals surface area contributed by atoms with Crippen LogP contribution >= 0.6 is 0 Å². The Labute approximate surface area is 208 Å². The van der Waals surface area contributed by atoms with Crippen LogP contribution in [-0.4, -0.2) is 50.3 Å². The van der Waals surface area contributed by atoms with E-state index in [0.29, 0.717) is 52.3 Å². The molecule has 4 rings (SSSR count). The largest absolute Gasteiger partial charge is 0.493 e. The van der Waals surface area contributed by atoms with Gasteiger partial charge in [0.1, 0.15) is 5.54 Å². The highest BCUT2D eigenvalue weighted by molar-refractivity contribution is 6.05. The van der Waals surface area contributed by atoms with E-state index in [4.69, 9.17) is 23.9 Å². The van der Waals surface area contributed by atoms with Gasteiger partial charge in [0.15, 0.2) is 18.1 Å². The van der Waals surface area contributed by atoms with Crippen LogP contribution in [0, 0.1) is 11.3 Å². The number of nitrogens with zero attached hydrogens (tertiary/aromatic N) is 2. The molecule has 36 heavy (non-hydrogen) atoms. The Kier molecular flexibility index (Phi) is 7.25. The van der Waals surface area contributed by atoms with Crippen LogP contribution in [0.1, 0.15) is 36.0 Å². The molecule has 0 atom stereocenters. The predicted molar refractivity (Wildman–Crippen MR) is 132 cm³/mol. The lowest BCUT2D eigenvalue weighted by molar-refractivity contribution is -0.125. The van der Waals surface area contributed by atoms with Crippen molar-refractivity contribution in [2.75, 3.05) is 27.9 Å². The average molecular weight is 490 g/mol. The van der Waals surface area contributed by atoms with E-state index in [1.807, 2.05) is 6.07 Å². The first kappa shape index (κ1) is 24.8. The van der Waals surface area contributed by atoms with Crippen molar-refractivity contribution in [3.05, 3.63) is 48.0 Å². The lowest BCUT2D eigenvalue weighted by Gasteiger charge is -2.21. The fourth-order valence-corrected chi connectivity index (χ4v) is 4.48. The van der Waals surface area contributed by atoms with E-state index in [1.165, 1.54) is 21.3 Å². The summed E-state index contributed by atoms with van der Waals surface area (Å²) in [6.45, 7) is -0.488. The molecule has 9 heteroatoms. The van der Waals surface area contributed by atoms with Crippen molar-refractivity contribution in [3.63, 3.8) is 0 Å². The van der Waals surface area contributed by atoms with Gasteiger partial charge < -0.3 is 24.3 Å². The van der Waals surface area contributed by atoms with Crippen molar-refractivity contribution >= 4 is 22.8 Å². The number of rotatable bonds is 8. The molecule has 0 spiro atoms. The lowest BCUT2D eigenvalue weighted by atomic mass is 10.00. The van der Waals surface area contributed by atoms with Gasteiger partial charge in [-0.05, 0) is 49.9 Å². The second kappa shape index (κ2) is 10.5. The molecule has 1 heterocycles. The molecule has 9 nitrogen and oxygen atoms in total. The van der Waals surface area contributed by atoms with Gasteiger partial charge >= 0.3 is 5.97 Å². The summed E-state index contributed by atoms with van der Waals surface area (Å²) in [6, 6.07) is 14.5. The topological polar surface area (TPSA) is 120 Å². The third-order valence-electron chi connectivity index (χ3n) is 6.28. The summed E-state index contributed by atoms with van der Waals surface area (Å²) in [7, 11) is 4.55. The molecule has 186 valence electrons. The number of methoxy groups -OCH3 is 3. The quantitative estimate of drug-likeness (QED) is 0.471. The Bertz CT molecular complexity index is 1320. The number of amides is 1. The van der Waals surface area contributed by atoms with Crippen LogP contribution in [0.4, 0.5) is 0 Å². The predicted octanol–water partition coefficient (Wildman–Crippen LogP) is 4.04. The molecule has 2 aromatic carbocycles. The van der Waals surface area contributed by atoms with E-state index in [-0.39, 0.29) is 5.56 Å². The van der Waals surface area contributed by atoms with Crippen molar-refractivity contribution in [2.24, 2.45) is 0 Å². The van der Waals surface area contributed by atoms with Gasteiger partial charge in [0.2, 0.25) is 5.75 Å². The van der Waals surface area contributed by atoms with Gasteiger partial charge in [0.05, 0.1) is 44.2 Å². The zero-order valence-corrected chi connectivity index (χ0v) is 20.4. The van der Waals surface area contributed by atoms with E-state index < -0.39 is 24.0 Å². The summed E-state index contributed by atoms with van der Waals surface area (Å²) in [5.41, 5.74) is 1.08. The Morgan fingerprint density at radius 3 is 2.31 bits per heavy atom. The summed E-state index contributed by atoms with van der Waals surface area (Å²) < 4.78 is 21.7. The van der Waals surface area contributed by atoms with Crippen LogP contribution in [0.15, 0.2) is 42.5 Å². The second-order valence-corrected chi connectivity index (χ2v) is 8.51. The Balaban J connectivity index is 1.65. The molecule has 1 aliphatic carbocycles. The summed E-state index contributed by atoms with van der Waals surface area (Å²) in [6.07, 6.45) is 2.94. The van der Waals surface area contributed by atoms with E-state index in [1.54, 1.807) is 36.4 Å². The number of carbonyl (C=O) groups is 2. The Hall–Kier alpha value is -4.32. The molecule has 1 fully saturated rings. The first-order valence-corrected chi connectivity index (χ1v) is 11.5. The minimum Gasteiger partial charge on any atom is -0.493 e. The van der Waals surface area contributed by atoms with Gasteiger partial charge in [-0.1, -0.05) is 18.2 Å². The molecule has 1 aromatic heterocycles. The fourth-order valence-electron chi connectivity index (χ4n) is 4.48. The maximum atomic E-state index is 13.1. The molecule has 0 bridgehead atoms. The smallest absolute Gasteiger partial charge is 0.339 e. The number of aromatic nitrogens is 1. The maximum absolute atomic E-state index is 13.1. The Morgan fingerprint density at radius 2 is 1.69 bits per heavy atom. The number of para-hydroxylation sites is 1. The van der Waals surface area contributed by atoms with Crippen molar-refractivity contribution in [1.82, 2.24) is 10.3 Å². The number of ether oxygens (including phenoxy) is 4. The number of pyridine rings is 1. The highest BCUT2D eigenvalue weighted by atomic mass is 16.5. The van der Waals surface area contributed by atoms with Crippen molar-refractivity contribution in [3.8, 4) is 34.6 Å². The number of hydrogen-bond donors (Lipinski definition) is 1. The summed E-state index contributed by atoms with van der Waals surface area (Å²) in [5, 5.41) is 12.8. The van der Waals surface area contributed by atoms with Gasteiger partial charge in [-0.2, -0.15) is 5.26 Å². The Morgan fingerprint density at radius 1 is 1.03 bits per heavy atom. The number of fused-ring (bicyclic) bond motifs is 1. The fraction of sp³-hybridized carbons (Fsp3) is 0.333. The molecule has 0 saturated heterocycles. The van der Waals surface area contributed by atoms with E-state index >= 15 is 0 Å². The van der Waals surface area contributed by atoms with Crippen molar-refractivity contribution < 1.29 is 28.5 Å². The monoisotopic (exact) mass is 489 g/mol. The normalized spacial score (nSPS) is 14.1. The van der Waals surface area contributed by atoms with Crippen molar-refractivity contribution in [1.29, 1.82) is 5.26 Å². The van der Waals surface area contributed by atoms with Crippen LogP contribution < -0.4 is 19.5 Å². The molecule has 1 aliphatic rings. The number of nitriles is 1. The molecule has 1 saturated carbocycles. The van der Waals surface area contributed by atoms with E-state index in [0.717, 1.165) is 12.8 Å². The first-order chi connectivity index (χ1) is 17.4. The van der Waals surface area contributed by atoms with Crippen LogP contribution in [0.2, 0.25) is 0 Å². The lowest BCUT2D eigenvalue weighted by Crippen LogP contribution is -2.46. The molecule has 1 amide bonds. The van der Waals surface area contributed by atoms with E-state index in [2.05, 4.69) is 11.4 Å². The van der Waals surface area contributed by atoms with Crippen LogP contribution in [-0.2, 0) is 9.53 Å².